The van der Waals surface area contributed by atoms with Crippen LogP contribution < -0.4 is 15.8 Å². The molecule has 0 heterocycles. The van der Waals surface area contributed by atoms with Gasteiger partial charge in [-0.1, -0.05) is 17.7 Å². The maximum Gasteiger partial charge on any atom is 0.119 e. The molecular formula is C15H16BrClN2O. The van der Waals surface area contributed by atoms with E-state index in [0.29, 0.717) is 11.6 Å². The topological polar surface area (TPSA) is 47.3 Å². The normalized spacial score (nSPS) is 12.0. The van der Waals surface area contributed by atoms with Crippen LogP contribution in [0.15, 0.2) is 46.9 Å². The summed E-state index contributed by atoms with van der Waals surface area (Å²) in [6.07, 6.45) is 0. The minimum atomic E-state index is 0.0250. The molecule has 0 radical (unpaired) electrons. The summed E-state index contributed by atoms with van der Waals surface area (Å²) in [6, 6.07) is 13.6. The Morgan fingerprint density at radius 2 is 1.95 bits per heavy atom. The molecule has 0 spiro atoms. The number of benzene rings is 2. The third kappa shape index (κ3) is 3.66. The molecule has 0 saturated carbocycles. The Hall–Kier alpha value is -1.23. The Morgan fingerprint density at radius 1 is 1.25 bits per heavy atom. The summed E-state index contributed by atoms with van der Waals surface area (Å²) < 4.78 is 6.01. The lowest BCUT2D eigenvalue weighted by Gasteiger charge is -2.19. The second-order valence-electron chi connectivity index (χ2n) is 4.33. The van der Waals surface area contributed by atoms with Gasteiger partial charge in [0, 0.05) is 16.7 Å². The van der Waals surface area contributed by atoms with Gasteiger partial charge in [-0.05, 0) is 57.9 Å². The first-order valence-electron chi connectivity index (χ1n) is 6.19. The first-order chi connectivity index (χ1) is 9.63. The van der Waals surface area contributed by atoms with Crippen molar-refractivity contribution >= 4 is 33.2 Å². The van der Waals surface area contributed by atoms with E-state index in [1.807, 2.05) is 42.5 Å². The van der Waals surface area contributed by atoms with Crippen molar-refractivity contribution in [3.63, 3.8) is 0 Å². The zero-order valence-corrected chi connectivity index (χ0v) is 13.4. The van der Waals surface area contributed by atoms with Crippen molar-refractivity contribution in [2.24, 2.45) is 5.73 Å². The predicted molar refractivity (Wildman–Crippen MR) is 87.6 cm³/mol. The molecule has 0 saturated heterocycles. The summed E-state index contributed by atoms with van der Waals surface area (Å²) in [5.41, 5.74) is 7.94. The van der Waals surface area contributed by atoms with E-state index in [-0.39, 0.29) is 6.04 Å². The van der Waals surface area contributed by atoms with Gasteiger partial charge in [-0.2, -0.15) is 0 Å². The van der Waals surface area contributed by atoms with Crippen LogP contribution in [-0.4, -0.2) is 13.7 Å². The zero-order chi connectivity index (χ0) is 14.5. The highest BCUT2D eigenvalue weighted by Gasteiger charge is 2.11. The summed E-state index contributed by atoms with van der Waals surface area (Å²) in [6.45, 7) is 0.486. The summed E-state index contributed by atoms with van der Waals surface area (Å²) >= 11 is 9.44. The summed E-state index contributed by atoms with van der Waals surface area (Å²) in [5.74, 6) is 0.828. The SMILES string of the molecule is COc1ccc(NC(CN)c2ccc(Cl)c(Br)c2)cc1. The van der Waals surface area contributed by atoms with E-state index in [1.54, 1.807) is 7.11 Å². The van der Waals surface area contributed by atoms with E-state index < -0.39 is 0 Å². The summed E-state index contributed by atoms with van der Waals surface area (Å²) in [5, 5.41) is 4.09. The number of nitrogens with one attached hydrogen (secondary N) is 1. The molecule has 0 aromatic heterocycles. The van der Waals surface area contributed by atoms with Gasteiger partial charge < -0.3 is 15.8 Å². The molecule has 1 atom stereocenters. The third-order valence-electron chi connectivity index (χ3n) is 3.01. The molecule has 0 aliphatic rings. The lowest BCUT2D eigenvalue weighted by Crippen LogP contribution is -2.20. The maximum atomic E-state index is 6.01. The number of hydrogen-bond acceptors (Lipinski definition) is 3. The van der Waals surface area contributed by atoms with Gasteiger partial charge in [0.2, 0.25) is 0 Å². The second-order valence-corrected chi connectivity index (χ2v) is 5.60. The minimum Gasteiger partial charge on any atom is -0.497 e. The van der Waals surface area contributed by atoms with Crippen molar-refractivity contribution in [3.8, 4) is 5.75 Å². The van der Waals surface area contributed by atoms with Crippen molar-refractivity contribution in [1.82, 2.24) is 0 Å². The van der Waals surface area contributed by atoms with Gasteiger partial charge in [0.1, 0.15) is 5.75 Å². The predicted octanol–water partition coefficient (Wildman–Crippen LogP) is 4.22. The molecule has 2 rings (SSSR count). The number of nitrogens with two attached hydrogens (primary N) is 1. The molecule has 2 aromatic carbocycles. The number of ether oxygens (including phenoxy) is 1. The van der Waals surface area contributed by atoms with E-state index in [2.05, 4.69) is 21.2 Å². The molecule has 5 heteroatoms. The van der Waals surface area contributed by atoms with E-state index in [1.165, 1.54) is 0 Å². The van der Waals surface area contributed by atoms with Crippen molar-refractivity contribution in [2.75, 3.05) is 19.0 Å². The highest BCUT2D eigenvalue weighted by atomic mass is 79.9. The molecule has 0 fully saturated rings. The van der Waals surface area contributed by atoms with Crippen LogP contribution in [0.25, 0.3) is 0 Å². The van der Waals surface area contributed by atoms with E-state index in [4.69, 9.17) is 22.1 Å². The quantitative estimate of drug-likeness (QED) is 0.844. The van der Waals surface area contributed by atoms with Crippen LogP contribution in [0.4, 0.5) is 5.69 Å². The van der Waals surface area contributed by atoms with E-state index >= 15 is 0 Å². The molecule has 0 aliphatic carbocycles. The summed E-state index contributed by atoms with van der Waals surface area (Å²) in [7, 11) is 1.65. The highest BCUT2D eigenvalue weighted by molar-refractivity contribution is 9.10. The molecular weight excluding hydrogens is 340 g/mol. The van der Waals surface area contributed by atoms with Gasteiger partial charge in [0.05, 0.1) is 18.2 Å². The Bertz CT molecular complexity index is 575. The Labute approximate surface area is 132 Å². The first-order valence-corrected chi connectivity index (χ1v) is 7.36. The van der Waals surface area contributed by atoms with Crippen LogP contribution in [0.3, 0.4) is 0 Å². The van der Waals surface area contributed by atoms with Crippen LogP contribution in [-0.2, 0) is 0 Å². The average Bonchev–Trinajstić information content (AvgIpc) is 2.48. The molecule has 0 amide bonds. The molecule has 0 aliphatic heterocycles. The van der Waals surface area contributed by atoms with Gasteiger partial charge in [0.25, 0.3) is 0 Å². The van der Waals surface area contributed by atoms with E-state index in [0.717, 1.165) is 21.5 Å². The fourth-order valence-electron chi connectivity index (χ4n) is 1.90. The number of anilines is 1. The monoisotopic (exact) mass is 354 g/mol. The standard InChI is InChI=1S/C15H16BrClN2O/c1-20-12-5-3-11(4-6-12)19-15(9-18)10-2-7-14(17)13(16)8-10/h2-8,15,19H,9,18H2,1H3. The molecule has 3 nitrogen and oxygen atoms in total. The average molecular weight is 356 g/mol. The molecule has 20 heavy (non-hydrogen) atoms. The Kier molecular flexibility index (Phi) is 5.29. The van der Waals surface area contributed by atoms with Crippen LogP contribution in [0.1, 0.15) is 11.6 Å². The fraction of sp³-hybridized carbons (Fsp3) is 0.200. The van der Waals surface area contributed by atoms with Crippen LogP contribution in [0.5, 0.6) is 5.75 Å². The summed E-state index contributed by atoms with van der Waals surface area (Å²) in [4.78, 5) is 0. The number of rotatable bonds is 5. The lowest BCUT2D eigenvalue weighted by atomic mass is 10.1. The smallest absolute Gasteiger partial charge is 0.119 e. The lowest BCUT2D eigenvalue weighted by molar-refractivity contribution is 0.415. The number of hydrogen-bond donors (Lipinski definition) is 2. The number of halogens is 2. The molecule has 2 aromatic rings. The van der Waals surface area contributed by atoms with Crippen molar-refractivity contribution in [1.29, 1.82) is 0 Å². The first kappa shape index (κ1) is 15.2. The van der Waals surface area contributed by atoms with Crippen molar-refractivity contribution in [3.05, 3.63) is 57.5 Å². The highest BCUT2D eigenvalue weighted by Crippen LogP contribution is 2.28. The van der Waals surface area contributed by atoms with Crippen LogP contribution in [0.2, 0.25) is 5.02 Å². The van der Waals surface area contributed by atoms with Gasteiger partial charge in [-0.15, -0.1) is 0 Å². The number of methoxy groups -OCH3 is 1. The third-order valence-corrected chi connectivity index (χ3v) is 4.23. The van der Waals surface area contributed by atoms with Gasteiger partial charge in [0.15, 0.2) is 0 Å². The fourth-order valence-corrected chi connectivity index (χ4v) is 2.41. The minimum absolute atomic E-state index is 0.0250. The van der Waals surface area contributed by atoms with Gasteiger partial charge in [-0.25, -0.2) is 0 Å². The van der Waals surface area contributed by atoms with Crippen molar-refractivity contribution < 1.29 is 4.74 Å². The van der Waals surface area contributed by atoms with Crippen LogP contribution in [0, 0.1) is 0 Å². The molecule has 0 bridgehead atoms. The van der Waals surface area contributed by atoms with Gasteiger partial charge >= 0.3 is 0 Å². The molecule has 106 valence electrons. The molecule has 1 unspecified atom stereocenters. The molecule has 3 N–H and O–H groups in total. The van der Waals surface area contributed by atoms with E-state index in [9.17, 15) is 0 Å². The Morgan fingerprint density at radius 3 is 2.50 bits per heavy atom. The zero-order valence-electron chi connectivity index (χ0n) is 11.1. The second kappa shape index (κ2) is 6.97. The maximum absolute atomic E-state index is 6.01. The van der Waals surface area contributed by atoms with Gasteiger partial charge in [-0.3, -0.25) is 0 Å². The van der Waals surface area contributed by atoms with Crippen LogP contribution >= 0.6 is 27.5 Å². The largest absolute Gasteiger partial charge is 0.497 e. The Balaban J connectivity index is 2.16. The van der Waals surface area contributed by atoms with Crippen molar-refractivity contribution in [2.45, 2.75) is 6.04 Å².